The van der Waals surface area contributed by atoms with Gasteiger partial charge in [0.25, 0.3) is 0 Å². The summed E-state index contributed by atoms with van der Waals surface area (Å²) in [7, 11) is 0. The summed E-state index contributed by atoms with van der Waals surface area (Å²) in [5.74, 6) is 0.847. The summed E-state index contributed by atoms with van der Waals surface area (Å²) in [6.07, 6.45) is 5.91. The molecule has 0 N–H and O–H groups in total. The summed E-state index contributed by atoms with van der Waals surface area (Å²) in [5.41, 5.74) is 25.8. The molecule has 6 heteroatoms. The van der Waals surface area contributed by atoms with Crippen LogP contribution in [0.1, 0.15) is 11.3 Å². The quantitative estimate of drug-likeness (QED) is 0.114. The number of allylic oxidation sites excluding steroid dienone is 2. The van der Waals surface area contributed by atoms with E-state index in [4.69, 9.17) is 8.83 Å². The van der Waals surface area contributed by atoms with Gasteiger partial charge >= 0.3 is 0 Å². The van der Waals surface area contributed by atoms with Crippen LogP contribution in [-0.2, 0) is 0 Å². The topological polar surface area (TPSA) is 41.6 Å². The lowest BCUT2D eigenvalue weighted by Crippen LogP contribution is -2.10. The van der Waals surface area contributed by atoms with Gasteiger partial charge in [0.05, 0.1) is 55.8 Å². The Labute approximate surface area is 558 Å². The fraction of sp³-hybridized carbons (Fsp3) is 0.0110. The van der Waals surface area contributed by atoms with Crippen LogP contribution in [0.25, 0.3) is 160 Å². The lowest BCUT2D eigenvalue weighted by molar-refractivity contribution is 0.578. The summed E-state index contributed by atoms with van der Waals surface area (Å²) in [5, 5.41) is 12.6. The lowest BCUT2D eigenvalue weighted by atomic mass is 9.89. The second-order valence-corrected chi connectivity index (χ2v) is 25.4. The van der Waals surface area contributed by atoms with Crippen molar-refractivity contribution in [2.45, 2.75) is 6.92 Å². The molecule has 97 heavy (non-hydrogen) atoms. The predicted octanol–water partition coefficient (Wildman–Crippen LogP) is 25.7. The summed E-state index contributed by atoms with van der Waals surface area (Å²) < 4.78 is 19.1. The maximum atomic E-state index is 6.96. The summed E-state index contributed by atoms with van der Waals surface area (Å²) >= 11 is 0. The molecule has 0 spiro atoms. The van der Waals surface area contributed by atoms with E-state index in [0.717, 1.165) is 128 Å². The molecule has 0 amide bonds. The highest BCUT2D eigenvalue weighted by Gasteiger charge is 2.34. The fourth-order valence-electron chi connectivity index (χ4n) is 16.3. The Bertz CT molecular complexity index is 6560. The Kier molecular flexibility index (Phi) is 12.0. The molecule has 0 saturated carbocycles. The number of anilines is 6. The molecule has 6 heterocycles. The summed E-state index contributed by atoms with van der Waals surface area (Å²) in [6.45, 7) is 6.06. The summed E-state index contributed by atoms with van der Waals surface area (Å²) in [6, 6.07) is 111. The zero-order valence-electron chi connectivity index (χ0n) is 52.9. The highest BCUT2D eigenvalue weighted by molar-refractivity contribution is 6.39. The van der Waals surface area contributed by atoms with Gasteiger partial charge in [-0.05, 0) is 107 Å². The predicted molar refractivity (Wildman–Crippen MR) is 408 cm³/mol. The van der Waals surface area contributed by atoms with Gasteiger partial charge in [-0.25, -0.2) is 0 Å². The largest absolute Gasteiger partial charge is 0.459 e. The van der Waals surface area contributed by atoms with E-state index >= 15 is 0 Å². The van der Waals surface area contributed by atoms with Crippen molar-refractivity contribution >= 4 is 149 Å². The first-order valence-electron chi connectivity index (χ1n) is 33.2. The molecule has 0 unspecified atom stereocenters. The van der Waals surface area contributed by atoms with Crippen molar-refractivity contribution in [3.63, 3.8) is 0 Å². The van der Waals surface area contributed by atoms with Gasteiger partial charge in [-0.2, -0.15) is 0 Å². The molecule has 6 nitrogen and oxygen atoms in total. The Morgan fingerprint density at radius 2 is 0.680 bits per heavy atom. The van der Waals surface area contributed by atoms with Crippen LogP contribution >= 0.6 is 0 Å². The van der Waals surface area contributed by atoms with Gasteiger partial charge in [-0.15, -0.1) is 0 Å². The van der Waals surface area contributed by atoms with Crippen molar-refractivity contribution < 1.29 is 8.83 Å². The van der Waals surface area contributed by atoms with E-state index in [9.17, 15) is 0 Å². The normalized spacial score (nSPS) is 12.2. The molecule has 0 aliphatic carbocycles. The van der Waals surface area contributed by atoms with E-state index in [2.05, 4.69) is 341 Å². The van der Waals surface area contributed by atoms with E-state index in [-0.39, 0.29) is 0 Å². The van der Waals surface area contributed by atoms with Gasteiger partial charge in [0.15, 0.2) is 11.2 Å². The number of benzene rings is 14. The number of hydrogen-bond acceptors (Lipinski definition) is 4. The van der Waals surface area contributed by atoms with Crippen LogP contribution in [0.2, 0.25) is 0 Å². The number of furan rings is 2. The molecule has 20 aromatic rings. The number of rotatable bonds is 12. The third-order valence-corrected chi connectivity index (χ3v) is 20.3. The van der Waals surface area contributed by atoms with Gasteiger partial charge in [-0.1, -0.05) is 261 Å². The lowest BCUT2D eigenvalue weighted by Gasteiger charge is -2.27. The van der Waals surface area contributed by atoms with Gasteiger partial charge < -0.3 is 27.4 Å². The van der Waals surface area contributed by atoms with Gasteiger partial charge in [0, 0.05) is 87.3 Å². The molecular formula is C91H58N4O2. The highest BCUT2D eigenvalue weighted by Crippen LogP contribution is 2.57. The van der Waals surface area contributed by atoms with E-state index in [1.165, 1.54) is 71.3 Å². The van der Waals surface area contributed by atoms with Crippen molar-refractivity contribution in [3.05, 3.63) is 333 Å². The maximum absolute atomic E-state index is 6.96. The standard InChI is InChI=1S/C91H58N4O2/c1-3-4-33-65-56(2)96-90-67(65)35-21-45-77(90)92(63-52-48-59(49-53-63)57-25-9-5-10-26-57)73-41-23-43-75-82(73)69-37-19-39-71-84-81(62-31-15-8-16-32-62)89-85(80(61-29-13-7-14-30-61)88(84)94(75)86(69)71)72-40-20-38-70-83-74(42-24-44-76(83)95(89)87(70)72)93(64-54-50-60(51-55-64)58-27-11-6-12-28-58)78-46-22-36-68-66-34-17-18-47-79(66)97-91(68)78/h3-55H,1H2,2H3/b33-4-. The van der Waals surface area contributed by atoms with Crippen LogP contribution in [0.15, 0.2) is 331 Å². The van der Waals surface area contributed by atoms with Crippen molar-refractivity contribution in [3.8, 4) is 44.5 Å². The van der Waals surface area contributed by atoms with Crippen molar-refractivity contribution in [1.82, 2.24) is 8.80 Å². The monoisotopic (exact) mass is 1240 g/mol. The molecule has 14 aromatic carbocycles. The first-order chi connectivity index (χ1) is 48.1. The zero-order chi connectivity index (χ0) is 64.0. The SMILES string of the molecule is C=C/C=C\c1c(C)oc2c(N(c3ccc(-c4ccccc4)cc3)c3cccc4c3c3cccc5c6c(-c7ccccc7)c7c(c(-c8ccccc8)c6n4c35)c3cccc4c5c(N(c6ccc(-c8ccccc8)cc6)c6cccc8c6oc6ccccc68)cccc5n7c43)cccc12. The maximum Gasteiger partial charge on any atom is 0.159 e. The average molecular weight is 1240 g/mol. The third-order valence-electron chi connectivity index (χ3n) is 20.3. The fourth-order valence-corrected chi connectivity index (χ4v) is 16.3. The molecule has 454 valence electrons. The van der Waals surface area contributed by atoms with E-state index in [1.807, 2.05) is 12.2 Å². The van der Waals surface area contributed by atoms with Crippen LogP contribution in [0, 0.1) is 6.92 Å². The van der Waals surface area contributed by atoms with Crippen LogP contribution in [0.4, 0.5) is 34.1 Å². The number of aromatic nitrogens is 2. The summed E-state index contributed by atoms with van der Waals surface area (Å²) in [4.78, 5) is 4.85. The van der Waals surface area contributed by atoms with Crippen LogP contribution in [0.5, 0.6) is 0 Å². The highest BCUT2D eigenvalue weighted by atomic mass is 16.3. The molecule has 0 fully saturated rings. The van der Waals surface area contributed by atoms with Crippen molar-refractivity contribution in [2.75, 3.05) is 9.80 Å². The Morgan fingerprint density at radius 3 is 1.16 bits per heavy atom. The van der Waals surface area contributed by atoms with E-state index in [1.54, 1.807) is 0 Å². The molecular weight excluding hydrogens is 1180 g/mol. The Balaban J connectivity index is 0.900. The first kappa shape index (κ1) is 54.6. The first-order valence-corrected chi connectivity index (χ1v) is 33.2. The van der Waals surface area contributed by atoms with Crippen molar-refractivity contribution in [2.24, 2.45) is 0 Å². The van der Waals surface area contributed by atoms with E-state index < -0.39 is 0 Å². The number of aryl methyl sites for hydroxylation is 1. The molecule has 6 aromatic heterocycles. The second kappa shape index (κ2) is 21.3. The molecule has 0 saturated heterocycles. The molecule has 0 bridgehead atoms. The van der Waals surface area contributed by atoms with Gasteiger partial charge in [0.2, 0.25) is 0 Å². The second-order valence-electron chi connectivity index (χ2n) is 25.4. The zero-order valence-corrected chi connectivity index (χ0v) is 52.9. The molecule has 0 radical (unpaired) electrons. The Morgan fingerprint density at radius 1 is 0.309 bits per heavy atom. The number of fused-ring (bicyclic) bond motifs is 16. The minimum atomic E-state index is 0.815. The van der Waals surface area contributed by atoms with Gasteiger partial charge in [0.1, 0.15) is 11.3 Å². The van der Waals surface area contributed by atoms with E-state index in [0.29, 0.717) is 0 Å². The molecule has 0 aliphatic rings. The van der Waals surface area contributed by atoms with Crippen LogP contribution < -0.4 is 9.80 Å². The van der Waals surface area contributed by atoms with Crippen molar-refractivity contribution in [1.29, 1.82) is 0 Å². The average Bonchev–Trinajstić information content (AvgIpc) is 1.50. The van der Waals surface area contributed by atoms with Crippen LogP contribution in [-0.4, -0.2) is 8.80 Å². The molecule has 0 atom stereocenters. The minimum Gasteiger partial charge on any atom is -0.459 e. The number of hydrogen-bond donors (Lipinski definition) is 0. The molecule has 20 rings (SSSR count). The smallest absolute Gasteiger partial charge is 0.159 e. The third kappa shape index (κ3) is 7.96. The number of para-hydroxylation sites is 5. The number of nitrogens with zero attached hydrogens (tertiary/aromatic N) is 4. The minimum absolute atomic E-state index is 0.815. The Hall–Kier alpha value is -12.9. The van der Waals surface area contributed by atoms with Gasteiger partial charge in [-0.3, -0.25) is 0 Å². The van der Waals surface area contributed by atoms with Crippen LogP contribution in [0.3, 0.4) is 0 Å². The molecule has 0 aliphatic heterocycles.